The lowest BCUT2D eigenvalue weighted by Gasteiger charge is -2.00. The number of benzene rings is 1. The Hall–Kier alpha value is -1.28. The van der Waals surface area contributed by atoms with Gasteiger partial charge in [-0.3, -0.25) is 4.79 Å². The van der Waals surface area contributed by atoms with Crippen LogP contribution in [0.25, 0.3) is 5.57 Å². The summed E-state index contributed by atoms with van der Waals surface area (Å²) in [4.78, 5) is 10.3. The second-order valence-corrected chi connectivity index (χ2v) is 3.43. The number of aliphatic carboxylic acids is 1. The van der Waals surface area contributed by atoms with E-state index in [-0.39, 0.29) is 6.42 Å². The van der Waals surface area contributed by atoms with Gasteiger partial charge in [0.05, 0.1) is 6.42 Å². The number of rotatable bonds is 3. The number of carboxylic acid groups (broad SMARTS) is 1. The van der Waals surface area contributed by atoms with Gasteiger partial charge < -0.3 is 5.11 Å². The summed E-state index contributed by atoms with van der Waals surface area (Å²) in [5, 5.41) is 9.17. The van der Waals surface area contributed by atoms with Crippen LogP contribution in [0.5, 0.6) is 0 Å². The van der Waals surface area contributed by atoms with E-state index in [2.05, 4.69) is 0 Å². The summed E-state index contributed by atoms with van der Waals surface area (Å²) >= 11 is 5.73. The Morgan fingerprint density at radius 1 is 1.43 bits per heavy atom. The summed E-state index contributed by atoms with van der Waals surface area (Å²) in [5.74, 6) is -0.821. The van der Waals surface area contributed by atoms with Gasteiger partial charge in [-0.15, -0.1) is 0 Å². The van der Waals surface area contributed by atoms with Gasteiger partial charge in [0.2, 0.25) is 0 Å². The van der Waals surface area contributed by atoms with E-state index in [9.17, 15) is 4.79 Å². The first-order valence-corrected chi connectivity index (χ1v) is 4.62. The molecule has 0 aliphatic rings. The highest BCUT2D eigenvalue weighted by Gasteiger charge is 1.97. The monoisotopic (exact) mass is 210 g/mol. The van der Waals surface area contributed by atoms with Crippen molar-refractivity contribution in [2.24, 2.45) is 0 Å². The molecule has 2 nitrogen and oxygen atoms in total. The summed E-state index contributed by atoms with van der Waals surface area (Å²) in [5.41, 5.74) is 1.94. The topological polar surface area (TPSA) is 37.3 Å². The second-order valence-electron chi connectivity index (χ2n) is 2.99. The molecule has 0 fully saturated rings. The average Bonchev–Trinajstić information content (AvgIpc) is 2.15. The molecule has 1 aromatic rings. The zero-order valence-electron chi connectivity index (χ0n) is 7.83. The molecule has 1 aromatic carbocycles. The molecule has 0 aliphatic carbocycles. The number of allylic oxidation sites excluding steroid dienone is 1. The van der Waals surface area contributed by atoms with Crippen molar-refractivity contribution in [3.05, 3.63) is 40.9 Å². The Morgan fingerprint density at radius 3 is 2.50 bits per heavy atom. The minimum Gasteiger partial charge on any atom is -0.481 e. The van der Waals surface area contributed by atoms with E-state index in [0.717, 1.165) is 11.1 Å². The van der Waals surface area contributed by atoms with Crippen LogP contribution in [0, 0.1) is 0 Å². The zero-order valence-corrected chi connectivity index (χ0v) is 8.58. The van der Waals surface area contributed by atoms with Crippen molar-refractivity contribution in [2.75, 3.05) is 0 Å². The van der Waals surface area contributed by atoms with E-state index >= 15 is 0 Å². The van der Waals surface area contributed by atoms with Crippen molar-refractivity contribution >= 4 is 23.1 Å². The van der Waals surface area contributed by atoms with Gasteiger partial charge in [-0.25, -0.2) is 0 Å². The van der Waals surface area contributed by atoms with E-state index in [4.69, 9.17) is 16.7 Å². The van der Waals surface area contributed by atoms with Crippen LogP contribution < -0.4 is 0 Å². The summed E-state index contributed by atoms with van der Waals surface area (Å²) in [6, 6.07) is 7.32. The van der Waals surface area contributed by atoms with Crippen molar-refractivity contribution < 1.29 is 9.90 Å². The molecule has 0 aromatic heterocycles. The van der Waals surface area contributed by atoms with Gasteiger partial charge in [0.15, 0.2) is 0 Å². The summed E-state index contributed by atoms with van der Waals surface area (Å²) in [6.45, 7) is 1.88. The van der Waals surface area contributed by atoms with Crippen molar-refractivity contribution in [3.63, 3.8) is 0 Å². The van der Waals surface area contributed by atoms with Crippen molar-refractivity contribution in [1.29, 1.82) is 0 Å². The lowest BCUT2D eigenvalue weighted by Crippen LogP contribution is -1.91. The number of hydrogen-bond donors (Lipinski definition) is 1. The molecule has 0 bridgehead atoms. The smallest absolute Gasteiger partial charge is 0.307 e. The predicted octanol–water partition coefficient (Wildman–Crippen LogP) is 3.22. The molecule has 0 saturated heterocycles. The Bertz CT molecular complexity index is 352. The van der Waals surface area contributed by atoms with Crippen molar-refractivity contribution in [2.45, 2.75) is 13.3 Å². The van der Waals surface area contributed by atoms with Gasteiger partial charge in [-0.1, -0.05) is 29.8 Å². The summed E-state index contributed by atoms with van der Waals surface area (Å²) in [7, 11) is 0. The van der Waals surface area contributed by atoms with E-state index in [0.29, 0.717) is 5.02 Å². The molecule has 0 atom stereocenters. The maximum Gasteiger partial charge on any atom is 0.307 e. The van der Waals surface area contributed by atoms with Gasteiger partial charge in [-0.05, 0) is 30.2 Å². The highest BCUT2D eigenvalue weighted by atomic mass is 35.5. The molecule has 0 unspecified atom stereocenters. The predicted molar refractivity (Wildman–Crippen MR) is 57.4 cm³/mol. The molecule has 0 aliphatic heterocycles. The number of halogens is 1. The van der Waals surface area contributed by atoms with Crippen LogP contribution in [0.1, 0.15) is 18.9 Å². The molecule has 0 amide bonds. The Balaban J connectivity index is 2.78. The van der Waals surface area contributed by atoms with E-state index in [1.165, 1.54) is 0 Å². The second kappa shape index (κ2) is 4.82. The Kier molecular flexibility index (Phi) is 3.72. The maximum atomic E-state index is 10.3. The van der Waals surface area contributed by atoms with Gasteiger partial charge in [0.25, 0.3) is 0 Å². The van der Waals surface area contributed by atoms with E-state index in [1.54, 1.807) is 18.2 Å². The molecule has 1 N–H and O–H groups in total. The van der Waals surface area contributed by atoms with Crippen molar-refractivity contribution in [3.8, 4) is 0 Å². The largest absolute Gasteiger partial charge is 0.481 e. The minimum atomic E-state index is -0.821. The summed E-state index contributed by atoms with van der Waals surface area (Å²) in [6.07, 6.45) is 1.74. The minimum absolute atomic E-state index is 0.0501. The maximum absolute atomic E-state index is 10.3. The SMILES string of the molecule is C/C(=C\CC(=O)O)c1ccc(Cl)cc1. The molecule has 0 spiro atoms. The van der Waals surface area contributed by atoms with Crippen LogP contribution in [0.3, 0.4) is 0 Å². The fraction of sp³-hybridized carbons (Fsp3) is 0.182. The lowest BCUT2D eigenvalue weighted by atomic mass is 10.1. The quantitative estimate of drug-likeness (QED) is 0.832. The third-order valence-electron chi connectivity index (χ3n) is 1.88. The molecule has 74 valence electrons. The van der Waals surface area contributed by atoms with Gasteiger partial charge >= 0.3 is 5.97 Å². The molecular formula is C11H11ClO2. The fourth-order valence-corrected chi connectivity index (χ4v) is 1.20. The third kappa shape index (κ3) is 3.23. The van der Waals surface area contributed by atoms with Gasteiger partial charge in [0, 0.05) is 5.02 Å². The fourth-order valence-electron chi connectivity index (χ4n) is 1.07. The molecule has 3 heteroatoms. The molecular weight excluding hydrogens is 200 g/mol. The molecule has 1 rings (SSSR count). The van der Waals surface area contributed by atoms with Crippen LogP contribution in [0.2, 0.25) is 5.02 Å². The van der Waals surface area contributed by atoms with Crippen LogP contribution in [-0.4, -0.2) is 11.1 Å². The molecule has 0 saturated carbocycles. The third-order valence-corrected chi connectivity index (χ3v) is 2.13. The first-order chi connectivity index (χ1) is 6.59. The zero-order chi connectivity index (χ0) is 10.6. The highest BCUT2D eigenvalue weighted by molar-refractivity contribution is 6.30. The number of hydrogen-bond acceptors (Lipinski definition) is 1. The first-order valence-electron chi connectivity index (χ1n) is 4.24. The molecule has 0 radical (unpaired) electrons. The lowest BCUT2D eigenvalue weighted by molar-refractivity contribution is -0.135. The van der Waals surface area contributed by atoms with Crippen LogP contribution in [-0.2, 0) is 4.79 Å². The average molecular weight is 211 g/mol. The normalized spacial score (nSPS) is 11.4. The van der Waals surface area contributed by atoms with E-state index in [1.807, 2.05) is 19.1 Å². The standard InChI is InChI=1S/C11H11ClO2/c1-8(2-7-11(13)14)9-3-5-10(12)6-4-9/h2-6H,7H2,1H3,(H,13,14)/b8-2+. The number of carbonyl (C=O) groups is 1. The molecule has 0 heterocycles. The summed E-state index contributed by atoms with van der Waals surface area (Å²) < 4.78 is 0. The Labute approximate surface area is 87.8 Å². The van der Waals surface area contributed by atoms with Crippen LogP contribution >= 0.6 is 11.6 Å². The van der Waals surface area contributed by atoms with Gasteiger partial charge in [-0.2, -0.15) is 0 Å². The van der Waals surface area contributed by atoms with Crippen LogP contribution in [0.15, 0.2) is 30.3 Å². The Morgan fingerprint density at radius 2 is 2.00 bits per heavy atom. The van der Waals surface area contributed by atoms with Crippen LogP contribution in [0.4, 0.5) is 0 Å². The van der Waals surface area contributed by atoms with Crippen molar-refractivity contribution in [1.82, 2.24) is 0 Å². The number of carboxylic acids is 1. The van der Waals surface area contributed by atoms with Gasteiger partial charge in [0.1, 0.15) is 0 Å². The highest BCUT2D eigenvalue weighted by Crippen LogP contribution is 2.17. The van der Waals surface area contributed by atoms with E-state index < -0.39 is 5.97 Å². The first kappa shape index (κ1) is 10.8. The molecule has 14 heavy (non-hydrogen) atoms.